The molecule has 1 fully saturated rings. The number of hydrogen-bond acceptors (Lipinski definition) is 4. The van der Waals surface area contributed by atoms with E-state index in [1.807, 2.05) is 13.8 Å². The van der Waals surface area contributed by atoms with Crippen LogP contribution in [0.4, 0.5) is 0 Å². The quantitative estimate of drug-likeness (QED) is 0.833. The lowest BCUT2D eigenvalue weighted by Crippen LogP contribution is -2.40. The topological polar surface area (TPSA) is 51.7 Å². The third-order valence-corrected chi connectivity index (χ3v) is 3.19. The molecule has 1 aliphatic heterocycles. The van der Waals surface area contributed by atoms with Gasteiger partial charge in [-0.1, -0.05) is 13.8 Å². The highest BCUT2D eigenvalue weighted by Crippen LogP contribution is 2.25. The maximum Gasteiger partial charge on any atom is 0.255 e. The van der Waals surface area contributed by atoms with Crippen LogP contribution >= 0.6 is 0 Å². The summed E-state index contributed by atoms with van der Waals surface area (Å²) in [6.45, 7) is 6.56. The SMILES string of the molecule is COc1cc(C(=O)N2CCOCC2)cnc1C(C)C. The van der Waals surface area contributed by atoms with Gasteiger partial charge in [0, 0.05) is 19.3 Å². The number of pyridine rings is 1. The van der Waals surface area contributed by atoms with Gasteiger partial charge in [-0.05, 0) is 12.0 Å². The third kappa shape index (κ3) is 3.04. The van der Waals surface area contributed by atoms with Crippen molar-refractivity contribution in [1.82, 2.24) is 9.88 Å². The Hall–Kier alpha value is -1.62. The number of hydrogen-bond donors (Lipinski definition) is 0. The third-order valence-electron chi connectivity index (χ3n) is 3.19. The van der Waals surface area contributed by atoms with Crippen LogP contribution in [0, 0.1) is 0 Å². The molecule has 104 valence electrons. The smallest absolute Gasteiger partial charge is 0.255 e. The second-order valence-corrected chi connectivity index (χ2v) is 4.87. The minimum Gasteiger partial charge on any atom is -0.495 e. The van der Waals surface area contributed by atoms with Crippen LogP contribution < -0.4 is 4.74 Å². The molecule has 0 saturated carbocycles. The zero-order valence-corrected chi connectivity index (χ0v) is 11.7. The van der Waals surface area contributed by atoms with Gasteiger partial charge in [0.2, 0.25) is 0 Å². The predicted molar refractivity (Wildman–Crippen MR) is 71.6 cm³/mol. The Labute approximate surface area is 113 Å². The first-order valence-electron chi connectivity index (χ1n) is 6.54. The number of amides is 1. The Morgan fingerprint density at radius 2 is 2.11 bits per heavy atom. The lowest BCUT2D eigenvalue weighted by atomic mass is 10.1. The molecule has 1 aromatic heterocycles. The largest absolute Gasteiger partial charge is 0.495 e. The van der Waals surface area contributed by atoms with E-state index in [9.17, 15) is 4.79 Å². The van der Waals surface area contributed by atoms with Crippen LogP contribution in [0.1, 0.15) is 35.8 Å². The van der Waals surface area contributed by atoms with Gasteiger partial charge in [0.25, 0.3) is 5.91 Å². The van der Waals surface area contributed by atoms with Crippen molar-refractivity contribution in [1.29, 1.82) is 0 Å². The van der Waals surface area contributed by atoms with Gasteiger partial charge in [-0.3, -0.25) is 9.78 Å². The molecule has 2 rings (SSSR count). The molecule has 0 atom stereocenters. The van der Waals surface area contributed by atoms with Crippen LogP contribution in [-0.2, 0) is 4.74 Å². The molecule has 19 heavy (non-hydrogen) atoms. The molecule has 0 aliphatic carbocycles. The second kappa shape index (κ2) is 6.02. The zero-order chi connectivity index (χ0) is 13.8. The maximum atomic E-state index is 12.3. The molecule has 2 heterocycles. The molecule has 1 aliphatic rings. The van der Waals surface area contributed by atoms with Gasteiger partial charge in [-0.2, -0.15) is 0 Å². The van der Waals surface area contributed by atoms with Crippen molar-refractivity contribution in [2.45, 2.75) is 19.8 Å². The molecule has 5 nitrogen and oxygen atoms in total. The molecule has 1 saturated heterocycles. The fraction of sp³-hybridized carbons (Fsp3) is 0.571. The number of nitrogens with zero attached hydrogens (tertiary/aromatic N) is 2. The summed E-state index contributed by atoms with van der Waals surface area (Å²) >= 11 is 0. The standard InChI is InChI=1S/C14H20N2O3/c1-10(2)13-12(18-3)8-11(9-15-13)14(17)16-4-6-19-7-5-16/h8-10H,4-7H2,1-3H3. The van der Waals surface area contributed by atoms with E-state index in [0.717, 1.165) is 5.69 Å². The summed E-state index contributed by atoms with van der Waals surface area (Å²) in [5, 5.41) is 0. The Kier molecular flexibility index (Phi) is 4.37. The van der Waals surface area contributed by atoms with Gasteiger partial charge < -0.3 is 14.4 Å². The van der Waals surface area contributed by atoms with E-state index in [4.69, 9.17) is 9.47 Å². The van der Waals surface area contributed by atoms with Gasteiger partial charge >= 0.3 is 0 Å². The molecular formula is C14H20N2O3. The van der Waals surface area contributed by atoms with Crippen molar-refractivity contribution < 1.29 is 14.3 Å². The summed E-state index contributed by atoms with van der Waals surface area (Å²) in [5.41, 5.74) is 1.45. The molecule has 0 unspecified atom stereocenters. The first-order chi connectivity index (χ1) is 9.13. The Bertz CT molecular complexity index is 454. The average Bonchev–Trinajstić information content (AvgIpc) is 2.46. The van der Waals surface area contributed by atoms with Crippen LogP contribution in [0.3, 0.4) is 0 Å². The Morgan fingerprint density at radius 1 is 1.42 bits per heavy atom. The van der Waals surface area contributed by atoms with Gasteiger partial charge in [-0.25, -0.2) is 0 Å². The summed E-state index contributed by atoms with van der Waals surface area (Å²) in [4.78, 5) is 18.5. The zero-order valence-electron chi connectivity index (χ0n) is 11.7. The minimum atomic E-state index is -0.00981. The van der Waals surface area contributed by atoms with E-state index in [2.05, 4.69) is 4.98 Å². The van der Waals surface area contributed by atoms with E-state index in [0.29, 0.717) is 37.6 Å². The van der Waals surface area contributed by atoms with Crippen molar-refractivity contribution in [2.24, 2.45) is 0 Å². The second-order valence-electron chi connectivity index (χ2n) is 4.87. The number of morpholine rings is 1. The predicted octanol–water partition coefficient (Wildman–Crippen LogP) is 1.69. The average molecular weight is 264 g/mol. The molecule has 0 N–H and O–H groups in total. The Morgan fingerprint density at radius 3 is 2.68 bits per heavy atom. The van der Waals surface area contributed by atoms with Crippen molar-refractivity contribution in [3.8, 4) is 5.75 Å². The maximum absolute atomic E-state index is 12.3. The van der Waals surface area contributed by atoms with Crippen LogP contribution in [0.15, 0.2) is 12.3 Å². The number of carbonyl (C=O) groups excluding carboxylic acids is 1. The fourth-order valence-electron chi connectivity index (χ4n) is 2.12. The number of aromatic nitrogens is 1. The van der Waals surface area contributed by atoms with E-state index >= 15 is 0 Å². The van der Waals surface area contributed by atoms with E-state index in [1.165, 1.54) is 0 Å². The molecule has 0 spiro atoms. The van der Waals surface area contributed by atoms with Gasteiger partial charge in [0.15, 0.2) is 0 Å². The molecule has 0 aromatic carbocycles. The monoisotopic (exact) mass is 264 g/mol. The molecule has 5 heteroatoms. The summed E-state index contributed by atoms with van der Waals surface area (Å²) in [5.74, 6) is 0.931. The first kappa shape index (κ1) is 13.8. The van der Waals surface area contributed by atoms with Gasteiger partial charge in [0.1, 0.15) is 5.75 Å². The first-order valence-corrected chi connectivity index (χ1v) is 6.54. The van der Waals surface area contributed by atoms with Gasteiger partial charge in [-0.15, -0.1) is 0 Å². The molecule has 0 bridgehead atoms. The molecular weight excluding hydrogens is 244 g/mol. The number of methoxy groups -OCH3 is 1. The highest BCUT2D eigenvalue weighted by atomic mass is 16.5. The van der Waals surface area contributed by atoms with E-state index < -0.39 is 0 Å². The fourth-order valence-corrected chi connectivity index (χ4v) is 2.12. The summed E-state index contributed by atoms with van der Waals surface area (Å²) in [6.07, 6.45) is 1.63. The molecule has 0 radical (unpaired) electrons. The number of ether oxygens (including phenoxy) is 2. The normalized spacial score (nSPS) is 15.7. The van der Waals surface area contributed by atoms with Crippen LogP contribution in [0.25, 0.3) is 0 Å². The summed E-state index contributed by atoms with van der Waals surface area (Å²) < 4.78 is 10.6. The highest BCUT2D eigenvalue weighted by Gasteiger charge is 2.20. The van der Waals surface area contributed by atoms with Crippen LogP contribution in [-0.4, -0.2) is 49.2 Å². The van der Waals surface area contributed by atoms with Crippen molar-refractivity contribution in [2.75, 3.05) is 33.4 Å². The van der Waals surface area contributed by atoms with E-state index in [-0.39, 0.29) is 11.8 Å². The highest BCUT2D eigenvalue weighted by molar-refractivity contribution is 5.94. The number of rotatable bonds is 3. The Balaban J connectivity index is 2.22. The summed E-state index contributed by atoms with van der Waals surface area (Å²) in [6, 6.07) is 1.78. The lowest BCUT2D eigenvalue weighted by molar-refractivity contribution is 0.0302. The van der Waals surface area contributed by atoms with Gasteiger partial charge in [0.05, 0.1) is 31.6 Å². The van der Waals surface area contributed by atoms with E-state index in [1.54, 1.807) is 24.3 Å². The van der Waals surface area contributed by atoms with Crippen LogP contribution in [0.2, 0.25) is 0 Å². The van der Waals surface area contributed by atoms with Crippen molar-refractivity contribution in [3.05, 3.63) is 23.5 Å². The number of carbonyl (C=O) groups is 1. The lowest BCUT2D eigenvalue weighted by Gasteiger charge is -2.27. The molecule has 1 amide bonds. The minimum absolute atomic E-state index is 0.00981. The van der Waals surface area contributed by atoms with Crippen molar-refractivity contribution in [3.63, 3.8) is 0 Å². The van der Waals surface area contributed by atoms with Crippen LogP contribution in [0.5, 0.6) is 5.75 Å². The summed E-state index contributed by atoms with van der Waals surface area (Å²) in [7, 11) is 1.60. The van der Waals surface area contributed by atoms with Crippen molar-refractivity contribution >= 4 is 5.91 Å². The molecule has 1 aromatic rings.